The van der Waals surface area contributed by atoms with Crippen LogP contribution in [0.15, 0.2) is 93.5 Å². The molecule has 2 unspecified atom stereocenters. The lowest BCUT2D eigenvalue weighted by atomic mass is 10.1. The molecule has 2 atom stereocenters. The van der Waals surface area contributed by atoms with Crippen LogP contribution in [0.25, 0.3) is 0 Å². The van der Waals surface area contributed by atoms with Crippen LogP contribution in [0.2, 0.25) is 0 Å². The van der Waals surface area contributed by atoms with Gasteiger partial charge in [-0.2, -0.15) is 17.2 Å². The second-order valence-electron chi connectivity index (χ2n) is 8.77. The first-order valence-corrected chi connectivity index (χ1v) is 14.5. The highest BCUT2D eigenvalue weighted by Gasteiger charge is 2.51. The van der Waals surface area contributed by atoms with Crippen LogP contribution >= 0.6 is 0 Å². The zero-order valence-corrected chi connectivity index (χ0v) is 22.1. The molecule has 10 heteroatoms. The van der Waals surface area contributed by atoms with Gasteiger partial charge in [-0.1, -0.05) is 30.3 Å². The first-order valence-electron chi connectivity index (χ1n) is 11.8. The molecule has 0 aromatic heterocycles. The van der Waals surface area contributed by atoms with E-state index in [0.717, 1.165) is 40.0 Å². The summed E-state index contributed by atoms with van der Waals surface area (Å²) in [4.78, 5) is 2.96. The van der Waals surface area contributed by atoms with E-state index in [9.17, 15) is 17.2 Å². The number of hydrogen-bond acceptors (Lipinski definition) is 5. The van der Waals surface area contributed by atoms with Gasteiger partial charge in [-0.3, -0.25) is 4.55 Å². The molecule has 3 aromatic rings. The monoisotopic (exact) mass is 551 g/mol. The minimum atomic E-state index is -5.61. The fourth-order valence-corrected chi connectivity index (χ4v) is 6.53. The normalized spacial score (nSPS) is 18.0. The molecule has 0 amide bonds. The fourth-order valence-electron chi connectivity index (χ4n) is 3.95. The largest absolute Gasteiger partial charge is 0.483 e. The molecule has 1 aliphatic rings. The molecule has 1 N–H and O–H groups in total. The van der Waals surface area contributed by atoms with Crippen molar-refractivity contribution in [2.24, 2.45) is 0 Å². The topological polar surface area (TPSA) is 82.1 Å². The number of alkyl halides is 2. The van der Waals surface area contributed by atoms with Gasteiger partial charge in [-0.05, 0) is 69.2 Å². The molecular weight excluding hydrogens is 522 g/mol. The summed E-state index contributed by atoms with van der Waals surface area (Å²) >= 11 is 0. The molecule has 0 aliphatic carbocycles. The van der Waals surface area contributed by atoms with Crippen LogP contribution in [0.5, 0.6) is 5.75 Å². The van der Waals surface area contributed by atoms with Crippen molar-refractivity contribution in [1.82, 2.24) is 0 Å². The van der Waals surface area contributed by atoms with Gasteiger partial charge in [0.15, 0.2) is 26.6 Å². The van der Waals surface area contributed by atoms with E-state index >= 15 is 0 Å². The first-order chi connectivity index (χ1) is 17.5. The Morgan fingerprint density at radius 3 is 2.08 bits per heavy atom. The quantitative estimate of drug-likeness (QED) is 0.272. The predicted molar refractivity (Wildman–Crippen MR) is 137 cm³/mol. The first kappa shape index (κ1) is 27.5. The minimum absolute atomic E-state index is 0.0534. The third-order valence-electron chi connectivity index (χ3n) is 6.06. The highest BCUT2D eigenvalue weighted by Crippen LogP contribution is 2.37. The van der Waals surface area contributed by atoms with Gasteiger partial charge in [0.05, 0.1) is 24.1 Å². The standard InChI is InChI=1S/C27H28F2O6S2/c1-20(27(28,29)37(30,31)32)35-22-13-15-24(16-14-22)36(23-10-4-3-5-11-23)25-12-8-9-21(19-25)26(2)33-17-6-7-18-34-26/h3-5,8-16,19-20H,6-7,17-18H2,1-2H3/p+1. The average molecular weight is 552 g/mol. The Labute approximate surface area is 218 Å². The maximum atomic E-state index is 13.9. The lowest BCUT2D eigenvalue weighted by Gasteiger charge is -2.28. The lowest BCUT2D eigenvalue weighted by molar-refractivity contribution is -0.221. The summed E-state index contributed by atoms with van der Waals surface area (Å²) in [5.41, 5.74) is 0.904. The van der Waals surface area contributed by atoms with Gasteiger partial charge in [0, 0.05) is 11.6 Å². The maximum Gasteiger partial charge on any atom is 0.405 e. The molecule has 6 nitrogen and oxygen atoms in total. The van der Waals surface area contributed by atoms with Crippen LogP contribution in [0.4, 0.5) is 8.78 Å². The van der Waals surface area contributed by atoms with Gasteiger partial charge in [-0.15, -0.1) is 0 Å². The molecule has 0 spiro atoms. The van der Waals surface area contributed by atoms with Crippen molar-refractivity contribution in [3.8, 4) is 5.75 Å². The van der Waals surface area contributed by atoms with Gasteiger partial charge in [0.25, 0.3) is 0 Å². The Bertz CT molecular complexity index is 1290. The van der Waals surface area contributed by atoms with Crippen molar-refractivity contribution in [3.05, 3.63) is 84.4 Å². The summed E-state index contributed by atoms with van der Waals surface area (Å²) in [6, 6.07) is 24.5. The average Bonchev–Trinajstić information content (AvgIpc) is 3.11. The van der Waals surface area contributed by atoms with Crippen LogP contribution < -0.4 is 4.74 Å². The van der Waals surface area contributed by atoms with E-state index in [0.29, 0.717) is 13.2 Å². The third-order valence-corrected chi connectivity index (χ3v) is 9.29. The molecule has 1 saturated heterocycles. The van der Waals surface area contributed by atoms with Crippen LogP contribution in [0.1, 0.15) is 32.3 Å². The molecular formula is C27H29F2O6S2+. The van der Waals surface area contributed by atoms with E-state index in [1.54, 1.807) is 12.1 Å². The fraction of sp³-hybridized carbons (Fsp3) is 0.333. The Morgan fingerprint density at radius 1 is 0.919 bits per heavy atom. The lowest BCUT2D eigenvalue weighted by Crippen LogP contribution is -2.42. The smallest absolute Gasteiger partial charge is 0.405 e. The molecule has 3 aromatic carbocycles. The molecule has 0 radical (unpaired) electrons. The molecule has 0 bridgehead atoms. The summed E-state index contributed by atoms with van der Waals surface area (Å²) in [5.74, 6) is -0.803. The van der Waals surface area contributed by atoms with Gasteiger partial charge >= 0.3 is 15.4 Å². The van der Waals surface area contributed by atoms with Crippen molar-refractivity contribution < 1.29 is 36.0 Å². The zero-order chi connectivity index (χ0) is 26.7. The minimum Gasteiger partial charge on any atom is -0.483 e. The SMILES string of the molecule is CC(Oc1ccc([S+](c2ccccc2)c2cccc(C3(C)OCCCCO3)c2)cc1)C(F)(F)S(=O)(=O)O. The van der Waals surface area contributed by atoms with E-state index in [4.69, 9.17) is 18.8 Å². The molecule has 37 heavy (non-hydrogen) atoms. The number of rotatable bonds is 8. The van der Waals surface area contributed by atoms with Crippen LogP contribution in [0.3, 0.4) is 0 Å². The van der Waals surface area contributed by atoms with E-state index < -0.39 is 38.2 Å². The molecule has 1 heterocycles. The Balaban J connectivity index is 1.67. The van der Waals surface area contributed by atoms with E-state index in [2.05, 4.69) is 6.07 Å². The summed E-state index contributed by atoms with van der Waals surface area (Å²) < 4.78 is 76.1. The molecule has 1 fully saturated rings. The van der Waals surface area contributed by atoms with Crippen molar-refractivity contribution in [1.29, 1.82) is 0 Å². The zero-order valence-electron chi connectivity index (χ0n) is 20.5. The number of halogens is 2. The second-order valence-corrected chi connectivity index (χ2v) is 12.3. The third kappa shape index (κ3) is 6.15. The van der Waals surface area contributed by atoms with E-state index in [-0.39, 0.29) is 5.75 Å². The van der Waals surface area contributed by atoms with E-state index in [1.165, 1.54) is 12.1 Å². The Kier molecular flexibility index (Phi) is 8.25. The molecule has 198 valence electrons. The Morgan fingerprint density at radius 2 is 1.49 bits per heavy atom. The summed E-state index contributed by atoms with van der Waals surface area (Å²) in [6.45, 7) is 4.04. The predicted octanol–water partition coefficient (Wildman–Crippen LogP) is 6.03. The van der Waals surface area contributed by atoms with E-state index in [1.807, 2.05) is 55.5 Å². The van der Waals surface area contributed by atoms with Crippen LogP contribution in [-0.4, -0.2) is 37.5 Å². The van der Waals surface area contributed by atoms with Gasteiger partial charge in [0.2, 0.25) is 0 Å². The van der Waals surface area contributed by atoms with Crippen molar-refractivity contribution in [3.63, 3.8) is 0 Å². The van der Waals surface area contributed by atoms with Crippen molar-refractivity contribution >= 4 is 21.0 Å². The molecule has 0 saturated carbocycles. The van der Waals surface area contributed by atoms with Crippen molar-refractivity contribution in [2.45, 2.75) is 58.5 Å². The summed E-state index contributed by atoms with van der Waals surface area (Å²) in [5, 5.41) is -4.45. The highest BCUT2D eigenvalue weighted by atomic mass is 32.2. The second kappa shape index (κ2) is 11.1. The van der Waals surface area contributed by atoms with Gasteiger partial charge in [0.1, 0.15) is 5.75 Å². The highest BCUT2D eigenvalue weighted by molar-refractivity contribution is 7.97. The van der Waals surface area contributed by atoms with Gasteiger partial charge < -0.3 is 14.2 Å². The molecule has 1 aliphatic heterocycles. The number of ether oxygens (including phenoxy) is 3. The Hall–Kier alpha value is -2.50. The maximum absolute atomic E-state index is 13.9. The van der Waals surface area contributed by atoms with Gasteiger partial charge in [-0.25, -0.2) is 0 Å². The summed E-state index contributed by atoms with van der Waals surface area (Å²) in [7, 11) is -6.17. The molecule has 4 rings (SSSR count). The van der Waals surface area contributed by atoms with Crippen molar-refractivity contribution in [2.75, 3.05) is 13.2 Å². The number of hydrogen-bond donors (Lipinski definition) is 1. The van der Waals surface area contributed by atoms with Crippen LogP contribution in [-0.2, 0) is 36.3 Å². The number of benzene rings is 3. The van der Waals surface area contributed by atoms with Crippen LogP contribution in [0, 0.1) is 0 Å². The summed E-state index contributed by atoms with van der Waals surface area (Å²) in [6.07, 6.45) is -0.211.